The lowest BCUT2D eigenvalue weighted by molar-refractivity contribution is -0.274. The van der Waals surface area contributed by atoms with Crippen LogP contribution in [0.5, 0.6) is 5.75 Å². The van der Waals surface area contributed by atoms with E-state index < -0.39 is 6.36 Å². The molecular weight excluding hydrogens is 389 g/mol. The van der Waals surface area contributed by atoms with Crippen LogP contribution in [0.2, 0.25) is 0 Å². The topological polar surface area (TPSA) is 26.6 Å². The van der Waals surface area contributed by atoms with Gasteiger partial charge in [0, 0.05) is 6.04 Å². The first kappa shape index (κ1) is 21.0. The highest BCUT2D eigenvalue weighted by molar-refractivity contribution is 5.51. The SMILES string of the molecule is FC(F)(F)Oc1ccc([N-]C2CCN([C@@H]3CCCC[C@@H]3c3ccccc3)CC2)cc1. The fourth-order valence-electron chi connectivity index (χ4n) is 4.93. The van der Waals surface area contributed by atoms with E-state index in [0.29, 0.717) is 17.6 Å². The Bertz CT molecular complexity index is 786. The van der Waals surface area contributed by atoms with Gasteiger partial charge in [0.15, 0.2) is 0 Å². The predicted molar refractivity (Wildman–Crippen MR) is 112 cm³/mol. The minimum Gasteiger partial charge on any atom is -0.682 e. The highest BCUT2D eigenvalue weighted by Crippen LogP contribution is 2.38. The van der Waals surface area contributed by atoms with Crippen molar-refractivity contribution >= 4 is 5.69 Å². The third kappa shape index (κ3) is 5.48. The molecule has 2 atom stereocenters. The average Bonchev–Trinajstić information content (AvgIpc) is 2.75. The van der Waals surface area contributed by atoms with Crippen LogP contribution in [0.1, 0.15) is 50.0 Å². The smallest absolute Gasteiger partial charge is 0.573 e. The van der Waals surface area contributed by atoms with Crippen molar-refractivity contribution in [1.29, 1.82) is 0 Å². The molecule has 1 aliphatic heterocycles. The minimum absolute atomic E-state index is 0.208. The number of ether oxygens (including phenoxy) is 1. The van der Waals surface area contributed by atoms with E-state index in [-0.39, 0.29) is 11.8 Å². The Hall–Kier alpha value is -2.21. The lowest BCUT2D eigenvalue weighted by atomic mass is 9.78. The van der Waals surface area contributed by atoms with Gasteiger partial charge in [0.05, 0.1) is 0 Å². The molecule has 3 nitrogen and oxygen atoms in total. The number of benzene rings is 2. The molecule has 0 spiro atoms. The van der Waals surface area contributed by atoms with E-state index >= 15 is 0 Å². The summed E-state index contributed by atoms with van der Waals surface area (Å²) in [7, 11) is 0. The van der Waals surface area contributed by atoms with Crippen molar-refractivity contribution in [2.45, 2.75) is 62.9 Å². The summed E-state index contributed by atoms with van der Waals surface area (Å²) in [6.07, 6.45) is 2.41. The zero-order chi connectivity index (χ0) is 21.0. The van der Waals surface area contributed by atoms with Gasteiger partial charge in [0.1, 0.15) is 5.75 Å². The summed E-state index contributed by atoms with van der Waals surface area (Å²) in [5, 5.41) is 4.75. The van der Waals surface area contributed by atoms with Gasteiger partial charge in [-0.25, -0.2) is 0 Å². The molecule has 2 fully saturated rings. The Balaban J connectivity index is 1.31. The quantitative estimate of drug-likeness (QED) is 0.536. The first-order chi connectivity index (χ1) is 14.5. The maximum Gasteiger partial charge on any atom is 0.573 e. The van der Waals surface area contributed by atoms with E-state index in [0.717, 1.165) is 25.9 Å². The fourth-order valence-corrected chi connectivity index (χ4v) is 4.93. The van der Waals surface area contributed by atoms with Gasteiger partial charge in [-0.15, -0.1) is 24.9 Å². The summed E-state index contributed by atoms with van der Waals surface area (Å²) in [6.45, 7) is 2.05. The van der Waals surface area contributed by atoms with Crippen LogP contribution < -0.4 is 4.74 Å². The molecule has 30 heavy (non-hydrogen) atoms. The first-order valence-corrected chi connectivity index (χ1v) is 10.8. The van der Waals surface area contributed by atoms with Gasteiger partial charge < -0.3 is 10.1 Å². The van der Waals surface area contributed by atoms with E-state index in [4.69, 9.17) is 5.32 Å². The van der Waals surface area contributed by atoms with Crippen LogP contribution in [-0.4, -0.2) is 36.4 Å². The van der Waals surface area contributed by atoms with Gasteiger partial charge in [-0.2, -0.15) is 0 Å². The average molecular weight is 417 g/mol. The number of piperidine rings is 1. The van der Waals surface area contributed by atoms with Crippen molar-refractivity contribution in [3.8, 4) is 5.75 Å². The number of nitrogens with zero attached hydrogens (tertiary/aromatic N) is 2. The maximum absolute atomic E-state index is 12.3. The van der Waals surface area contributed by atoms with Gasteiger partial charge in [-0.3, -0.25) is 4.90 Å². The van der Waals surface area contributed by atoms with E-state index in [2.05, 4.69) is 40.0 Å². The van der Waals surface area contributed by atoms with Crippen LogP contribution in [0.15, 0.2) is 54.6 Å². The van der Waals surface area contributed by atoms with Crippen molar-refractivity contribution in [3.05, 3.63) is 65.5 Å². The molecule has 2 aliphatic rings. The maximum atomic E-state index is 12.3. The first-order valence-electron chi connectivity index (χ1n) is 10.8. The molecule has 0 bridgehead atoms. The van der Waals surface area contributed by atoms with Crippen LogP contribution >= 0.6 is 0 Å². The zero-order valence-corrected chi connectivity index (χ0v) is 17.0. The van der Waals surface area contributed by atoms with Gasteiger partial charge in [0.25, 0.3) is 0 Å². The van der Waals surface area contributed by atoms with E-state index in [1.54, 1.807) is 12.1 Å². The number of likely N-dealkylation sites (tertiary alicyclic amines) is 1. The van der Waals surface area contributed by atoms with Crippen molar-refractivity contribution in [1.82, 2.24) is 4.90 Å². The Morgan fingerprint density at radius 1 is 0.833 bits per heavy atom. The van der Waals surface area contributed by atoms with Crippen LogP contribution in [0.4, 0.5) is 18.9 Å². The number of halogens is 3. The molecule has 2 aromatic rings. The molecule has 0 unspecified atom stereocenters. The van der Waals surface area contributed by atoms with Crippen molar-refractivity contribution in [2.24, 2.45) is 0 Å². The summed E-state index contributed by atoms with van der Waals surface area (Å²) in [6, 6.07) is 17.5. The third-order valence-electron chi connectivity index (χ3n) is 6.33. The molecule has 1 saturated heterocycles. The Labute approximate surface area is 176 Å². The molecule has 0 N–H and O–H groups in total. The van der Waals surface area contributed by atoms with E-state index in [1.165, 1.54) is 43.4 Å². The Morgan fingerprint density at radius 2 is 1.50 bits per heavy atom. The van der Waals surface area contributed by atoms with Crippen molar-refractivity contribution in [3.63, 3.8) is 0 Å². The van der Waals surface area contributed by atoms with Gasteiger partial charge >= 0.3 is 6.36 Å². The van der Waals surface area contributed by atoms with Crippen molar-refractivity contribution in [2.75, 3.05) is 13.1 Å². The molecular formula is C24H28F3N2O-. The second kappa shape index (κ2) is 9.29. The monoisotopic (exact) mass is 417 g/mol. The number of alkyl halides is 3. The molecule has 0 amide bonds. The Morgan fingerprint density at radius 3 is 2.17 bits per heavy atom. The van der Waals surface area contributed by atoms with Crippen LogP contribution in [-0.2, 0) is 0 Å². The van der Waals surface area contributed by atoms with Crippen LogP contribution in [0, 0.1) is 0 Å². The molecule has 1 saturated carbocycles. The van der Waals surface area contributed by atoms with E-state index in [1.807, 2.05) is 0 Å². The van der Waals surface area contributed by atoms with Crippen molar-refractivity contribution < 1.29 is 17.9 Å². The summed E-state index contributed by atoms with van der Waals surface area (Å²) in [5.41, 5.74) is 2.16. The largest absolute Gasteiger partial charge is 0.682 e. The highest BCUT2D eigenvalue weighted by Gasteiger charge is 2.32. The second-order valence-corrected chi connectivity index (χ2v) is 8.31. The highest BCUT2D eigenvalue weighted by atomic mass is 19.4. The number of hydrogen-bond acceptors (Lipinski definition) is 2. The number of rotatable bonds is 5. The molecule has 0 radical (unpaired) electrons. The lowest BCUT2D eigenvalue weighted by Gasteiger charge is -2.47. The van der Waals surface area contributed by atoms with Crippen LogP contribution in [0.25, 0.3) is 5.32 Å². The predicted octanol–water partition coefficient (Wildman–Crippen LogP) is 6.78. The molecule has 1 aliphatic carbocycles. The van der Waals surface area contributed by atoms with Gasteiger partial charge in [0.2, 0.25) is 0 Å². The molecule has 0 aromatic heterocycles. The zero-order valence-electron chi connectivity index (χ0n) is 17.0. The summed E-state index contributed by atoms with van der Waals surface area (Å²) in [4.78, 5) is 2.64. The van der Waals surface area contributed by atoms with E-state index in [9.17, 15) is 13.2 Å². The lowest BCUT2D eigenvalue weighted by Crippen LogP contribution is -2.46. The number of hydrogen-bond donors (Lipinski definition) is 0. The second-order valence-electron chi connectivity index (χ2n) is 8.31. The molecule has 162 valence electrons. The molecule has 6 heteroatoms. The van der Waals surface area contributed by atoms with Gasteiger partial charge in [-0.1, -0.05) is 68.1 Å². The molecule has 2 aromatic carbocycles. The summed E-state index contributed by atoms with van der Waals surface area (Å²) in [5.74, 6) is 0.398. The Kier molecular flexibility index (Phi) is 6.52. The van der Waals surface area contributed by atoms with Crippen LogP contribution in [0.3, 0.4) is 0 Å². The third-order valence-corrected chi connectivity index (χ3v) is 6.33. The summed E-state index contributed by atoms with van der Waals surface area (Å²) < 4.78 is 40.8. The molecule has 1 heterocycles. The minimum atomic E-state index is -4.66. The summed E-state index contributed by atoms with van der Waals surface area (Å²) >= 11 is 0. The molecule has 4 rings (SSSR count). The normalized spacial score (nSPS) is 23.8. The standard InChI is InChI=1S/C24H28F3N2O/c25-24(26,27)30-21-12-10-19(11-13-21)28-20-14-16-29(17-15-20)23-9-5-4-8-22(23)18-6-2-1-3-7-18/h1-3,6-7,10-13,20,22-23H,4-5,8-9,14-17H2/q-1/t22-,23-/m1/s1. The van der Waals surface area contributed by atoms with Gasteiger partial charge in [-0.05, 0) is 49.5 Å². The fraction of sp³-hybridized carbons (Fsp3) is 0.500.